The van der Waals surface area contributed by atoms with Gasteiger partial charge in [-0.2, -0.15) is 0 Å². The maximum absolute atomic E-state index is 13.0. The van der Waals surface area contributed by atoms with E-state index in [0.29, 0.717) is 23.3 Å². The fourth-order valence-corrected chi connectivity index (χ4v) is 4.74. The second-order valence-electron chi connectivity index (χ2n) is 8.20. The molecule has 0 radical (unpaired) electrons. The molecule has 8 heteroatoms. The smallest absolute Gasteiger partial charge is 0.251 e. The number of imidazole rings is 1. The molecule has 176 valence electrons. The summed E-state index contributed by atoms with van der Waals surface area (Å²) in [6, 6.07) is 17.7. The Morgan fingerprint density at radius 2 is 1.97 bits per heavy atom. The van der Waals surface area contributed by atoms with Crippen molar-refractivity contribution in [2.24, 2.45) is 0 Å². The number of hydrogen-bond donors (Lipinski definition) is 2. The molecular weight excluding hydrogens is 448 g/mol. The van der Waals surface area contributed by atoms with Crippen molar-refractivity contribution in [1.29, 1.82) is 0 Å². The second-order valence-corrected chi connectivity index (χ2v) is 9.24. The SMILES string of the molecule is COCC(=O)Nc1cc(C(=O)N[C@@H](C)Cc2cccs2)cc2ncn(CCc3ccccc3)c12. The van der Waals surface area contributed by atoms with Crippen molar-refractivity contribution in [2.45, 2.75) is 32.4 Å². The predicted octanol–water partition coefficient (Wildman–Crippen LogP) is 4.29. The van der Waals surface area contributed by atoms with Gasteiger partial charge < -0.3 is 19.9 Å². The standard InChI is InChI=1S/C26H28N4O3S/c1-18(13-21-9-6-12-34-21)28-26(32)20-14-22-25(23(15-20)29-24(31)16-33-2)30(17-27-22)11-10-19-7-4-3-5-8-19/h3-9,12,14-15,17-18H,10-11,13,16H2,1-2H3,(H,28,32)(H,29,31)/t18-/m0/s1. The first-order chi connectivity index (χ1) is 16.5. The summed E-state index contributed by atoms with van der Waals surface area (Å²) in [6.45, 7) is 2.60. The Labute approximate surface area is 202 Å². The van der Waals surface area contributed by atoms with Crippen LogP contribution in [-0.4, -0.2) is 41.1 Å². The normalized spacial score (nSPS) is 11.9. The maximum Gasteiger partial charge on any atom is 0.251 e. The zero-order valence-corrected chi connectivity index (χ0v) is 20.1. The number of hydrogen-bond acceptors (Lipinski definition) is 5. The molecular formula is C26H28N4O3S. The Balaban J connectivity index is 1.59. The molecule has 0 spiro atoms. The molecule has 2 aromatic heterocycles. The Kier molecular flexibility index (Phi) is 7.72. The maximum atomic E-state index is 13.0. The van der Waals surface area contributed by atoms with E-state index in [1.54, 1.807) is 29.8 Å². The van der Waals surface area contributed by atoms with Gasteiger partial charge in [0.1, 0.15) is 6.61 Å². The highest BCUT2D eigenvalue weighted by atomic mass is 32.1. The predicted molar refractivity (Wildman–Crippen MR) is 135 cm³/mol. The van der Waals surface area contributed by atoms with Gasteiger partial charge in [-0.25, -0.2) is 4.98 Å². The van der Waals surface area contributed by atoms with E-state index >= 15 is 0 Å². The van der Waals surface area contributed by atoms with Gasteiger partial charge in [0.05, 0.1) is 23.0 Å². The van der Waals surface area contributed by atoms with E-state index in [0.717, 1.165) is 18.4 Å². The van der Waals surface area contributed by atoms with Crippen molar-refractivity contribution >= 4 is 39.9 Å². The lowest BCUT2D eigenvalue weighted by Gasteiger charge is -2.15. The van der Waals surface area contributed by atoms with Crippen LogP contribution in [-0.2, 0) is 28.9 Å². The monoisotopic (exact) mass is 476 g/mol. The zero-order chi connectivity index (χ0) is 23.9. The summed E-state index contributed by atoms with van der Waals surface area (Å²) in [7, 11) is 1.47. The third-order valence-electron chi connectivity index (χ3n) is 5.47. The molecule has 0 aliphatic heterocycles. The van der Waals surface area contributed by atoms with E-state index in [2.05, 4.69) is 33.8 Å². The van der Waals surface area contributed by atoms with Gasteiger partial charge in [0.25, 0.3) is 5.91 Å². The van der Waals surface area contributed by atoms with Crippen LogP contribution in [0.1, 0.15) is 27.7 Å². The number of thiophene rings is 1. The number of carbonyl (C=O) groups is 2. The minimum absolute atomic E-state index is 0.0307. The van der Waals surface area contributed by atoms with E-state index in [1.165, 1.54) is 17.6 Å². The molecule has 2 amide bonds. The number of anilines is 1. The number of ether oxygens (including phenoxy) is 1. The van der Waals surface area contributed by atoms with Crippen LogP contribution in [0.4, 0.5) is 5.69 Å². The lowest BCUT2D eigenvalue weighted by molar-refractivity contribution is -0.119. The van der Waals surface area contributed by atoms with Gasteiger partial charge in [-0.15, -0.1) is 11.3 Å². The van der Waals surface area contributed by atoms with E-state index in [4.69, 9.17) is 4.74 Å². The third kappa shape index (κ3) is 5.89. The first-order valence-electron chi connectivity index (χ1n) is 11.2. The lowest BCUT2D eigenvalue weighted by atomic mass is 10.1. The first kappa shape index (κ1) is 23.7. The molecule has 0 aliphatic carbocycles. The Morgan fingerprint density at radius 1 is 1.15 bits per heavy atom. The molecule has 4 rings (SSSR count). The molecule has 0 aliphatic rings. The van der Waals surface area contributed by atoms with Crippen molar-refractivity contribution in [3.05, 3.63) is 82.3 Å². The Morgan fingerprint density at radius 3 is 2.71 bits per heavy atom. The highest BCUT2D eigenvalue weighted by Crippen LogP contribution is 2.26. The Bertz CT molecular complexity index is 1250. The van der Waals surface area contributed by atoms with Crippen molar-refractivity contribution in [3.8, 4) is 0 Å². The lowest BCUT2D eigenvalue weighted by Crippen LogP contribution is -2.34. The van der Waals surface area contributed by atoms with E-state index in [-0.39, 0.29) is 24.5 Å². The molecule has 7 nitrogen and oxygen atoms in total. The topological polar surface area (TPSA) is 85.2 Å². The largest absolute Gasteiger partial charge is 0.375 e. The number of amides is 2. The summed E-state index contributed by atoms with van der Waals surface area (Å²) < 4.78 is 6.98. The average molecular weight is 477 g/mol. The minimum atomic E-state index is -0.289. The summed E-state index contributed by atoms with van der Waals surface area (Å²) in [6.07, 6.45) is 3.33. The van der Waals surface area contributed by atoms with Crippen LogP contribution in [0.3, 0.4) is 0 Å². The molecule has 2 heterocycles. The van der Waals surface area contributed by atoms with Crippen LogP contribution >= 0.6 is 11.3 Å². The zero-order valence-electron chi connectivity index (χ0n) is 19.3. The summed E-state index contributed by atoms with van der Waals surface area (Å²) in [4.78, 5) is 31.1. The van der Waals surface area contributed by atoms with Crippen LogP contribution < -0.4 is 10.6 Å². The summed E-state index contributed by atoms with van der Waals surface area (Å²) in [5.41, 5.74) is 3.64. The molecule has 0 fully saturated rings. The van der Waals surface area contributed by atoms with Gasteiger partial charge in [0, 0.05) is 36.6 Å². The molecule has 4 aromatic rings. The number of nitrogens with zero attached hydrogens (tertiary/aromatic N) is 2. The number of benzene rings is 2. The van der Waals surface area contributed by atoms with Gasteiger partial charge in [-0.05, 0) is 42.5 Å². The van der Waals surface area contributed by atoms with Gasteiger partial charge in [0.2, 0.25) is 5.91 Å². The fraction of sp³-hybridized carbons (Fsp3) is 0.269. The van der Waals surface area contributed by atoms with Crippen LogP contribution in [0.2, 0.25) is 0 Å². The number of aromatic nitrogens is 2. The van der Waals surface area contributed by atoms with Crippen LogP contribution in [0, 0.1) is 0 Å². The van der Waals surface area contributed by atoms with Gasteiger partial charge >= 0.3 is 0 Å². The molecule has 0 bridgehead atoms. The van der Waals surface area contributed by atoms with Crippen LogP contribution in [0.15, 0.2) is 66.3 Å². The molecule has 0 saturated carbocycles. The van der Waals surface area contributed by atoms with Crippen molar-refractivity contribution in [1.82, 2.24) is 14.9 Å². The van der Waals surface area contributed by atoms with Gasteiger partial charge in [-0.3, -0.25) is 9.59 Å². The summed E-state index contributed by atoms with van der Waals surface area (Å²) in [5, 5.41) is 7.98. The summed E-state index contributed by atoms with van der Waals surface area (Å²) in [5.74, 6) is -0.490. The van der Waals surface area contributed by atoms with Crippen molar-refractivity contribution in [2.75, 3.05) is 19.0 Å². The van der Waals surface area contributed by atoms with Crippen molar-refractivity contribution in [3.63, 3.8) is 0 Å². The Hall–Kier alpha value is -3.49. The van der Waals surface area contributed by atoms with Crippen LogP contribution in [0.25, 0.3) is 11.0 Å². The highest BCUT2D eigenvalue weighted by Gasteiger charge is 2.18. The highest BCUT2D eigenvalue weighted by molar-refractivity contribution is 7.09. The molecule has 34 heavy (non-hydrogen) atoms. The second kappa shape index (κ2) is 11.1. The average Bonchev–Trinajstić information content (AvgIpc) is 3.48. The number of nitrogens with one attached hydrogen (secondary N) is 2. The minimum Gasteiger partial charge on any atom is -0.375 e. The van der Waals surface area contributed by atoms with E-state index < -0.39 is 0 Å². The first-order valence-corrected chi connectivity index (χ1v) is 12.1. The number of rotatable bonds is 10. The molecule has 0 unspecified atom stereocenters. The van der Waals surface area contributed by atoms with Gasteiger partial charge in [-0.1, -0.05) is 36.4 Å². The van der Waals surface area contributed by atoms with E-state index in [9.17, 15) is 9.59 Å². The molecule has 0 saturated heterocycles. The number of carbonyl (C=O) groups excluding carboxylic acids is 2. The molecule has 2 aromatic carbocycles. The summed E-state index contributed by atoms with van der Waals surface area (Å²) >= 11 is 1.67. The fourth-order valence-electron chi connectivity index (χ4n) is 3.91. The van der Waals surface area contributed by atoms with Crippen LogP contribution in [0.5, 0.6) is 0 Å². The van der Waals surface area contributed by atoms with Crippen molar-refractivity contribution < 1.29 is 14.3 Å². The number of methoxy groups -OCH3 is 1. The molecule has 2 N–H and O–H groups in total. The van der Waals surface area contributed by atoms with E-state index in [1.807, 2.05) is 41.1 Å². The third-order valence-corrected chi connectivity index (χ3v) is 6.37. The number of aryl methyl sites for hydroxylation is 2. The van der Waals surface area contributed by atoms with Gasteiger partial charge in [0.15, 0.2) is 0 Å². The molecule has 1 atom stereocenters. The quantitative estimate of drug-likeness (QED) is 0.358. The number of fused-ring (bicyclic) bond motifs is 1.